The van der Waals surface area contributed by atoms with Gasteiger partial charge in [0, 0.05) is 72.6 Å². The maximum Gasteiger partial charge on any atom is 0.191 e. The van der Waals surface area contributed by atoms with Crippen LogP contribution in [-0.4, -0.2) is 100 Å². The molecule has 0 amide bonds. The van der Waals surface area contributed by atoms with Gasteiger partial charge in [-0.25, -0.2) is 4.99 Å². The molecular weight excluding hydrogens is 515 g/mol. The minimum Gasteiger partial charge on any atom is -0.385 e. The molecule has 0 atom stereocenters. The monoisotopic (exact) mass is 560 g/mol. The van der Waals surface area contributed by atoms with Crippen LogP contribution >= 0.6 is 24.0 Å². The molecule has 1 aliphatic heterocycles. The van der Waals surface area contributed by atoms with Crippen molar-refractivity contribution in [1.29, 1.82) is 0 Å². The first-order valence-corrected chi connectivity index (χ1v) is 11.9. The highest BCUT2D eigenvalue weighted by atomic mass is 127. The smallest absolute Gasteiger partial charge is 0.191 e. The summed E-state index contributed by atoms with van der Waals surface area (Å²) in [6.07, 6.45) is 1.06. The number of aliphatic imine (C=N–C) groups is 1. The molecule has 1 fully saturated rings. The molecule has 0 spiro atoms. The minimum absolute atomic E-state index is 0. The fourth-order valence-electron chi connectivity index (χ4n) is 3.74. The van der Waals surface area contributed by atoms with Gasteiger partial charge in [-0.1, -0.05) is 31.2 Å². The van der Waals surface area contributed by atoms with Gasteiger partial charge in [-0.05, 0) is 38.1 Å². The molecule has 0 aromatic heterocycles. The van der Waals surface area contributed by atoms with Gasteiger partial charge < -0.3 is 25.2 Å². The van der Waals surface area contributed by atoms with Crippen molar-refractivity contribution in [3.05, 3.63) is 35.4 Å². The van der Waals surface area contributed by atoms with E-state index in [0.29, 0.717) is 6.54 Å². The molecule has 0 unspecified atom stereocenters. The fraction of sp³-hybridized carbons (Fsp3) is 0.708. The summed E-state index contributed by atoms with van der Waals surface area (Å²) >= 11 is 0. The van der Waals surface area contributed by atoms with Crippen LogP contribution in [0.5, 0.6) is 0 Å². The first kappa shape index (κ1) is 29.1. The average Bonchev–Trinajstić information content (AvgIpc) is 2.79. The second-order valence-corrected chi connectivity index (χ2v) is 8.30. The Balaban J connectivity index is 0.00000512. The van der Waals surface area contributed by atoms with Crippen molar-refractivity contribution in [2.45, 2.75) is 33.4 Å². The third-order valence-electron chi connectivity index (χ3n) is 5.78. The molecule has 1 aromatic carbocycles. The van der Waals surface area contributed by atoms with E-state index >= 15 is 0 Å². The molecule has 184 valence electrons. The van der Waals surface area contributed by atoms with E-state index in [-0.39, 0.29) is 24.0 Å². The van der Waals surface area contributed by atoms with Crippen molar-refractivity contribution < 1.29 is 4.74 Å². The van der Waals surface area contributed by atoms with E-state index in [1.54, 1.807) is 7.11 Å². The Kier molecular flexibility index (Phi) is 15.9. The third kappa shape index (κ3) is 11.8. The highest BCUT2D eigenvalue weighted by molar-refractivity contribution is 14.0. The van der Waals surface area contributed by atoms with E-state index < -0.39 is 0 Å². The van der Waals surface area contributed by atoms with Gasteiger partial charge in [-0.2, -0.15) is 0 Å². The van der Waals surface area contributed by atoms with Crippen molar-refractivity contribution in [3.8, 4) is 0 Å². The first-order chi connectivity index (χ1) is 15.1. The zero-order valence-corrected chi connectivity index (χ0v) is 22.9. The predicted molar refractivity (Wildman–Crippen MR) is 146 cm³/mol. The molecule has 0 bridgehead atoms. The Labute approximate surface area is 213 Å². The second kappa shape index (κ2) is 17.5. The summed E-state index contributed by atoms with van der Waals surface area (Å²) in [5, 5.41) is 6.78. The standard InChI is InChI=1S/C24H44N6O.HI/c1-5-25-24(26-12-14-28(3)13-7-19-31-4)27-20-22-8-10-23(11-9-22)21-30-17-15-29(6-2)16-18-30;/h8-11H,5-7,12-21H2,1-4H3,(H2,25,26,27);1H. The largest absolute Gasteiger partial charge is 0.385 e. The quantitative estimate of drug-likeness (QED) is 0.167. The number of piperazine rings is 1. The van der Waals surface area contributed by atoms with E-state index in [4.69, 9.17) is 9.73 Å². The minimum atomic E-state index is 0. The summed E-state index contributed by atoms with van der Waals surface area (Å²) in [5.74, 6) is 0.880. The van der Waals surface area contributed by atoms with Crippen LogP contribution in [0, 0.1) is 0 Å². The summed E-state index contributed by atoms with van der Waals surface area (Å²) in [6.45, 7) is 16.5. The number of halogens is 1. The van der Waals surface area contributed by atoms with Crippen LogP contribution in [0.4, 0.5) is 0 Å². The van der Waals surface area contributed by atoms with E-state index in [1.807, 2.05) is 0 Å². The van der Waals surface area contributed by atoms with Crippen LogP contribution in [0.3, 0.4) is 0 Å². The summed E-state index contributed by atoms with van der Waals surface area (Å²) in [6, 6.07) is 8.95. The Morgan fingerprint density at radius 3 is 2.28 bits per heavy atom. The molecule has 1 heterocycles. The van der Waals surface area contributed by atoms with Crippen LogP contribution in [0.15, 0.2) is 29.3 Å². The molecule has 0 aliphatic carbocycles. The van der Waals surface area contributed by atoms with Gasteiger partial charge in [-0.15, -0.1) is 24.0 Å². The Bertz CT molecular complexity index is 619. The number of guanidine groups is 1. The number of hydrogen-bond donors (Lipinski definition) is 2. The van der Waals surface area contributed by atoms with Gasteiger partial charge in [-0.3, -0.25) is 4.90 Å². The van der Waals surface area contributed by atoms with Gasteiger partial charge in [0.05, 0.1) is 6.54 Å². The number of hydrogen-bond acceptors (Lipinski definition) is 5. The molecule has 0 saturated carbocycles. The summed E-state index contributed by atoms with van der Waals surface area (Å²) in [7, 11) is 3.90. The molecular formula is C24H45IN6O. The van der Waals surface area contributed by atoms with Crippen LogP contribution in [0.1, 0.15) is 31.4 Å². The maximum atomic E-state index is 5.12. The molecule has 8 heteroatoms. The summed E-state index contributed by atoms with van der Waals surface area (Å²) < 4.78 is 5.12. The molecule has 0 radical (unpaired) electrons. The third-order valence-corrected chi connectivity index (χ3v) is 5.78. The highest BCUT2D eigenvalue weighted by Crippen LogP contribution is 2.11. The number of rotatable bonds is 13. The molecule has 32 heavy (non-hydrogen) atoms. The zero-order valence-electron chi connectivity index (χ0n) is 20.6. The molecule has 1 saturated heterocycles. The van der Waals surface area contributed by atoms with Gasteiger partial charge in [0.15, 0.2) is 5.96 Å². The number of benzene rings is 1. The highest BCUT2D eigenvalue weighted by Gasteiger charge is 2.15. The van der Waals surface area contributed by atoms with Crippen molar-refractivity contribution >= 4 is 29.9 Å². The Hall–Kier alpha value is -0.940. The first-order valence-electron chi connectivity index (χ1n) is 11.9. The van der Waals surface area contributed by atoms with Crippen LogP contribution < -0.4 is 10.6 Å². The Morgan fingerprint density at radius 1 is 1.00 bits per heavy atom. The van der Waals surface area contributed by atoms with Crippen LogP contribution in [0.25, 0.3) is 0 Å². The summed E-state index contributed by atoms with van der Waals surface area (Å²) in [5.41, 5.74) is 2.63. The molecule has 2 rings (SSSR count). The number of ether oxygens (including phenoxy) is 1. The molecule has 1 aromatic rings. The maximum absolute atomic E-state index is 5.12. The Morgan fingerprint density at radius 2 is 1.66 bits per heavy atom. The average molecular weight is 561 g/mol. The van der Waals surface area contributed by atoms with Crippen molar-refractivity contribution in [1.82, 2.24) is 25.3 Å². The number of nitrogens with zero attached hydrogens (tertiary/aromatic N) is 4. The van der Waals surface area contributed by atoms with Crippen LogP contribution in [-0.2, 0) is 17.8 Å². The van der Waals surface area contributed by atoms with E-state index in [2.05, 4.69) is 70.5 Å². The molecule has 2 N–H and O–H groups in total. The van der Waals surface area contributed by atoms with Gasteiger partial charge in [0.2, 0.25) is 0 Å². The lowest BCUT2D eigenvalue weighted by Crippen LogP contribution is -2.45. The lowest BCUT2D eigenvalue weighted by atomic mass is 10.1. The predicted octanol–water partition coefficient (Wildman–Crippen LogP) is 2.47. The number of methoxy groups -OCH3 is 1. The molecule has 1 aliphatic rings. The normalized spacial score (nSPS) is 15.6. The van der Waals surface area contributed by atoms with Crippen molar-refractivity contribution in [2.75, 3.05) is 79.7 Å². The second-order valence-electron chi connectivity index (χ2n) is 8.30. The lowest BCUT2D eigenvalue weighted by Gasteiger charge is -2.34. The van der Waals surface area contributed by atoms with Gasteiger partial charge in [0.25, 0.3) is 0 Å². The molecule has 7 nitrogen and oxygen atoms in total. The fourth-order valence-corrected chi connectivity index (χ4v) is 3.74. The van der Waals surface area contributed by atoms with Crippen LogP contribution in [0.2, 0.25) is 0 Å². The van der Waals surface area contributed by atoms with E-state index in [0.717, 1.165) is 58.3 Å². The lowest BCUT2D eigenvalue weighted by molar-refractivity contribution is 0.132. The zero-order chi connectivity index (χ0) is 22.3. The van der Waals surface area contributed by atoms with Crippen molar-refractivity contribution in [3.63, 3.8) is 0 Å². The topological polar surface area (TPSA) is 55.4 Å². The van der Waals surface area contributed by atoms with E-state index in [1.165, 1.54) is 37.3 Å². The number of likely N-dealkylation sites (N-methyl/N-ethyl adjacent to an activating group) is 2. The van der Waals surface area contributed by atoms with Gasteiger partial charge >= 0.3 is 0 Å². The summed E-state index contributed by atoms with van der Waals surface area (Å²) in [4.78, 5) is 12.2. The SMILES string of the molecule is CCNC(=NCc1ccc(CN2CCN(CC)CC2)cc1)NCCN(C)CCCOC.I. The van der Waals surface area contributed by atoms with Crippen molar-refractivity contribution in [2.24, 2.45) is 4.99 Å². The van der Waals surface area contributed by atoms with E-state index in [9.17, 15) is 0 Å². The number of nitrogens with one attached hydrogen (secondary N) is 2. The van der Waals surface area contributed by atoms with Gasteiger partial charge in [0.1, 0.15) is 0 Å².